The molecule has 1 aromatic carbocycles. The van der Waals surface area contributed by atoms with Crippen LogP contribution in [0.2, 0.25) is 0 Å². The first-order valence-corrected chi connectivity index (χ1v) is 7.08. The lowest BCUT2D eigenvalue weighted by Gasteiger charge is -2.19. The second-order valence-corrected chi connectivity index (χ2v) is 5.88. The van der Waals surface area contributed by atoms with Gasteiger partial charge in [0, 0.05) is 25.5 Å². The molecule has 0 amide bonds. The molecule has 94 valence electrons. The van der Waals surface area contributed by atoms with Gasteiger partial charge in [-0.25, -0.2) is 4.39 Å². The van der Waals surface area contributed by atoms with Gasteiger partial charge in [0.1, 0.15) is 5.82 Å². The molecule has 0 spiro atoms. The quantitative estimate of drug-likeness (QED) is 0.785. The number of hydrogen-bond acceptors (Lipinski definition) is 2. The SMILES string of the molecule is O=S1(=O)N(CCCl)CCN1c1ccc(F)cc1. The minimum absolute atomic E-state index is 0.260. The van der Waals surface area contributed by atoms with E-state index >= 15 is 0 Å². The van der Waals surface area contributed by atoms with Crippen molar-refractivity contribution in [1.29, 1.82) is 0 Å². The Morgan fingerprint density at radius 1 is 1.24 bits per heavy atom. The molecule has 0 radical (unpaired) electrons. The normalized spacial score (nSPS) is 19.8. The lowest BCUT2D eigenvalue weighted by molar-refractivity contribution is 0.470. The van der Waals surface area contributed by atoms with Gasteiger partial charge in [0.05, 0.1) is 5.69 Å². The fraction of sp³-hybridized carbons (Fsp3) is 0.400. The number of alkyl halides is 1. The number of rotatable bonds is 3. The maximum Gasteiger partial charge on any atom is 0.304 e. The zero-order chi connectivity index (χ0) is 12.5. The van der Waals surface area contributed by atoms with Crippen LogP contribution in [0, 0.1) is 5.82 Å². The van der Waals surface area contributed by atoms with Gasteiger partial charge in [0.2, 0.25) is 0 Å². The van der Waals surface area contributed by atoms with Gasteiger partial charge in [-0.3, -0.25) is 4.31 Å². The number of halogens is 2. The molecule has 4 nitrogen and oxygen atoms in total. The number of hydrogen-bond donors (Lipinski definition) is 0. The highest BCUT2D eigenvalue weighted by Crippen LogP contribution is 2.25. The maximum absolute atomic E-state index is 12.8. The molecule has 0 unspecified atom stereocenters. The standard InChI is InChI=1S/C10H12ClFN2O2S/c11-5-6-13-7-8-14(17(13,15)16)10-3-1-9(12)2-4-10/h1-4H,5-8H2. The summed E-state index contributed by atoms with van der Waals surface area (Å²) >= 11 is 5.55. The zero-order valence-corrected chi connectivity index (χ0v) is 10.6. The van der Waals surface area contributed by atoms with Gasteiger partial charge in [-0.15, -0.1) is 11.6 Å². The molecule has 0 N–H and O–H groups in total. The average molecular weight is 279 g/mol. The van der Waals surface area contributed by atoms with Crippen LogP contribution in [-0.2, 0) is 10.2 Å². The van der Waals surface area contributed by atoms with Crippen molar-refractivity contribution in [3.8, 4) is 0 Å². The molecule has 0 aliphatic carbocycles. The highest BCUT2D eigenvalue weighted by atomic mass is 35.5. The topological polar surface area (TPSA) is 40.6 Å². The molecular formula is C10H12ClFN2O2S. The Hall–Kier alpha value is -0.850. The Morgan fingerprint density at radius 3 is 2.47 bits per heavy atom. The van der Waals surface area contributed by atoms with E-state index in [0.717, 1.165) is 0 Å². The molecule has 1 saturated heterocycles. The van der Waals surface area contributed by atoms with E-state index in [-0.39, 0.29) is 11.7 Å². The van der Waals surface area contributed by atoms with Crippen LogP contribution >= 0.6 is 11.6 Å². The van der Waals surface area contributed by atoms with Crippen molar-refractivity contribution in [3.05, 3.63) is 30.1 Å². The van der Waals surface area contributed by atoms with Gasteiger partial charge >= 0.3 is 10.2 Å². The first-order chi connectivity index (χ1) is 8.05. The Balaban J connectivity index is 2.27. The largest absolute Gasteiger partial charge is 0.304 e. The third kappa shape index (κ3) is 2.38. The van der Waals surface area contributed by atoms with Crippen molar-refractivity contribution in [1.82, 2.24) is 4.31 Å². The van der Waals surface area contributed by atoms with E-state index in [1.54, 1.807) is 0 Å². The fourth-order valence-electron chi connectivity index (χ4n) is 1.76. The van der Waals surface area contributed by atoms with Crippen LogP contribution in [0.4, 0.5) is 10.1 Å². The van der Waals surface area contributed by atoms with Crippen molar-refractivity contribution in [2.75, 3.05) is 29.8 Å². The lowest BCUT2D eigenvalue weighted by atomic mass is 10.3. The van der Waals surface area contributed by atoms with Crippen molar-refractivity contribution in [3.63, 3.8) is 0 Å². The molecule has 0 atom stereocenters. The highest BCUT2D eigenvalue weighted by Gasteiger charge is 2.35. The minimum Gasteiger partial charge on any atom is -0.256 e. The molecule has 1 aliphatic rings. The van der Waals surface area contributed by atoms with E-state index in [1.165, 1.54) is 32.9 Å². The molecule has 1 aliphatic heterocycles. The van der Waals surface area contributed by atoms with E-state index < -0.39 is 10.2 Å². The van der Waals surface area contributed by atoms with Gasteiger partial charge < -0.3 is 0 Å². The molecule has 1 aromatic rings. The Bertz CT molecular complexity index is 492. The van der Waals surface area contributed by atoms with Gasteiger partial charge in [-0.2, -0.15) is 12.7 Å². The molecular weight excluding hydrogens is 267 g/mol. The molecule has 7 heteroatoms. The molecule has 0 bridgehead atoms. The van der Waals surface area contributed by atoms with Crippen molar-refractivity contribution in [2.45, 2.75) is 0 Å². The van der Waals surface area contributed by atoms with Crippen LogP contribution in [0.25, 0.3) is 0 Å². The van der Waals surface area contributed by atoms with E-state index in [0.29, 0.717) is 25.3 Å². The summed E-state index contributed by atoms with van der Waals surface area (Å²) in [7, 11) is -3.50. The van der Waals surface area contributed by atoms with E-state index in [4.69, 9.17) is 11.6 Å². The van der Waals surface area contributed by atoms with E-state index in [9.17, 15) is 12.8 Å². The Kier molecular flexibility index (Phi) is 3.56. The fourth-order valence-corrected chi connectivity index (χ4v) is 3.68. The lowest BCUT2D eigenvalue weighted by Crippen LogP contribution is -2.34. The van der Waals surface area contributed by atoms with E-state index in [2.05, 4.69) is 0 Å². The third-order valence-corrected chi connectivity index (χ3v) is 4.74. The summed E-state index contributed by atoms with van der Waals surface area (Å²) in [4.78, 5) is 0. The van der Waals surface area contributed by atoms with Crippen LogP contribution in [0.3, 0.4) is 0 Å². The highest BCUT2D eigenvalue weighted by molar-refractivity contribution is 7.90. The van der Waals surface area contributed by atoms with Gasteiger partial charge in [-0.05, 0) is 24.3 Å². The van der Waals surface area contributed by atoms with E-state index in [1.807, 2.05) is 0 Å². The van der Waals surface area contributed by atoms with Crippen LogP contribution in [0.5, 0.6) is 0 Å². The predicted octanol–water partition coefficient (Wildman–Crippen LogP) is 1.43. The number of nitrogens with zero attached hydrogens (tertiary/aromatic N) is 2. The second kappa shape index (κ2) is 4.80. The summed E-state index contributed by atoms with van der Waals surface area (Å²) in [5, 5.41) is 0. The maximum atomic E-state index is 12.8. The number of benzene rings is 1. The molecule has 0 aromatic heterocycles. The summed E-state index contributed by atoms with van der Waals surface area (Å²) < 4.78 is 39.5. The molecule has 0 saturated carbocycles. The minimum atomic E-state index is -3.50. The summed E-state index contributed by atoms with van der Waals surface area (Å²) in [5.74, 6) is -0.126. The summed E-state index contributed by atoms with van der Waals surface area (Å²) in [5.41, 5.74) is 0.475. The average Bonchev–Trinajstić information content (AvgIpc) is 2.57. The Morgan fingerprint density at radius 2 is 1.88 bits per heavy atom. The summed E-state index contributed by atoms with van der Waals surface area (Å²) in [6, 6.07) is 5.40. The zero-order valence-electron chi connectivity index (χ0n) is 9.01. The van der Waals surface area contributed by atoms with Crippen LogP contribution in [0.1, 0.15) is 0 Å². The monoisotopic (exact) mass is 278 g/mol. The van der Waals surface area contributed by atoms with Crippen LogP contribution in [0.15, 0.2) is 24.3 Å². The van der Waals surface area contributed by atoms with Gasteiger partial charge in [0.25, 0.3) is 0 Å². The summed E-state index contributed by atoms with van der Waals surface area (Å²) in [6.45, 7) is 1.07. The first-order valence-electron chi connectivity index (χ1n) is 5.15. The third-order valence-electron chi connectivity index (χ3n) is 2.61. The predicted molar refractivity (Wildman–Crippen MR) is 65.0 cm³/mol. The van der Waals surface area contributed by atoms with Crippen LogP contribution < -0.4 is 4.31 Å². The summed E-state index contributed by atoms with van der Waals surface area (Å²) in [6.07, 6.45) is 0. The Labute approximate surface area is 105 Å². The smallest absolute Gasteiger partial charge is 0.256 e. The van der Waals surface area contributed by atoms with Crippen LogP contribution in [-0.4, -0.2) is 38.2 Å². The molecule has 1 heterocycles. The second-order valence-electron chi connectivity index (χ2n) is 3.64. The van der Waals surface area contributed by atoms with Gasteiger partial charge in [0.15, 0.2) is 0 Å². The van der Waals surface area contributed by atoms with Gasteiger partial charge in [-0.1, -0.05) is 0 Å². The van der Waals surface area contributed by atoms with Crippen molar-refractivity contribution < 1.29 is 12.8 Å². The number of anilines is 1. The molecule has 17 heavy (non-hydrogen) atoms. The molecule has 2 rings (SSSR count). The molecule has 1 fully saturated rings. The first kappa shape index (κ1) is 12.6. The van der Waals surface area contributed by atoms with Crippen molar-refractivity contribution >= 4 is 27.5 Å². The van der Waals surface area contributed by atoms with Crippen molar-refractivity contribution in [2.24, 2.45) is 0 Å².